The van der Waals surface area contributed by atoms with Crippen molar-refractivity contribution in [2.45, 2.75) is 19.3 Å². The second-order valence-corrected chi connectivity index (χ2v) is 2.33. The number of terminal acetylenes is 1. The Bertz CT molecular complexity index is 138. The maximum atomic E-state index is 9.77. The van der Waals surface area contributed by atoms with Crippen molar-refractivity contribution in [1.82, 2.24) is 0 Å². The summed E-state index contributed by atoms with van der Waals surface area (Å²) >= 11 is -2.37. The van der Waals surface area contributed by atoms with Gasteiger partial charge in [-0.25, -0.2) is 4.21 Å². The second kappa shape index (κ2) is 6.75. The highest BCUT2D eigenvalue weighted by Gasteiger charge is 1.86. The van der Waals surface area contributed by atoms with Crippen molar-refractivity contribution >= 4 is 11.4 Å². The van der Waals surface area contributed by atoms with Crippen molar-refractivity contribution in [3.63, 3.8) is 0 Å². The standard InChI is InChI=1S/C6H10O3S/c1-2-3-4-5-6-9-10(7)8/h1H,3-6H2,(H,7,8)/p-1. The summed E-state index contributed by atoms with van der Waals surface area (Å²) in [5.41, 5.74) is 0. The molecule has 0 N–H and O–H groups in total. The van der Waals surface area contributed by atoms with Crippen LogP contribution in [-0.2, 0) is 15.5 Å². The van der Waals surface area contributed by atoms with E-state index in [0.29, 0.717) is 12.8 Å². The highest BCUT2D eigenvalue weighted by atomic mass is 32.2. The van der Waals surface area contributed by atoms with E-state index in [-0.39, 0.29) is 6.61 Å². The van der Waals surface area contributed by atoms with E-state index in [1.54, 1.807) is 0 Å². The molecule has 0 aliphatic rings. The summed E-state index contributed by atoms with van der Waals surface area (Å²) in [7, 11) is 0. The van der Waals surface area contributed by atoms with Crippen molar-refractivity contribution in [3.8, 4) is 12.3 Å². The molecule has 0 aromatic heterocycles. The van der Waals surface area contributed by atoms with Crippen LogP contribution in [0.2, 0.25) is 0 Å². The third-order valence-electron chi connectivity index (χ3n) is 0.895. The summed E-state index contributed by atoms with van der Waals surface area (Å²) in [5.74, 6) is 2.45. The van der Waals surface area contributed by atoms with Gasteiger partial charge in [0, 0.05) is 6.42 Å². The molecule has 0 fully saturated rings. The lowest BCUT2D eigenvalue weighted by Crippen LogP contribution is -1.97. The largest absolute Gasteiger partial charge is 0.750 e. The molecule has 0 amide bonds. The Morgan fingerprint density at radius 2 is 2.30 bits per heavy atom. The topological polar surface area (TPSA) is 49.4 Å². The summed E-state index contributed by atoms with van der Waals surface area (Å²) in [6.07, 6.45) is 7.14. The van der Waals surface area contributed by atoms with Crippen molar-refractivity contribution in [1.29, 1.82) is 0 Å². The molecule has 10 heavy (non-hydrogen) atoms. The minimum atomic E-state index is -2.37. The molecule has 0 rings (SSSR count). The molecule has 0 aliphatic carbocycles. The van der Waals surface area contributed by atoms with Gasteiger partial charge < -0.3 is 8.74 Å². The lowest BCUT2D eigenvalue weighted by molar-refractivity contribution is 0.293. The van der Waals surface area contributed by atoms with Crippen LogP contribution < -0.4 is 0 Å². The summed E-state index contributed by atoms with van der Waals surface area (Å²) < 4.78 is 23.8. The molecule has 0 bridgehead atoms. The van der Waals surface area contributed by atoms with E-state index < -0.39 is 11.4 Å². The monoisotopic (exact) mass is 161 g/mol. The van der Waals surface area contributed by atoms with Crippen molar-refractivity contribution in [2.24, 2.45) is 0 Å². The highest BCUT2D eigenvalue weighted by molar-refractivity contribution is 7.74. The fraction of sp³-hybridized carbons (Fsp3) is 0.667. The van der Waals surface area contributed by atoms with Crippen LogP contribution in [-0.4, -0.2) is 15.4 Å². The minimum absolute atomic E-state index is 0.234. The average molecular weight is 161 g/mol. The van der Waals surface area contributed by atoms with Crippen LogP contribution >= 0.6 is 0 Å². The molecule has 58 valence electrons. The maximum Gasteiger partial charge on any atom is 0.0842 e. The summed E-state index contributed by atoms with van der Waals surface area (Å²) in [5, 5.41) is 0. The van der Waals surface area contributed by atoms with E-state index in [4.69, 9.17) is 6.42 Å². The van der Waals surface area contributed by atoms with Crippen LogP contribution in [0.3, 0.4) is 0 Å². The van der Waals surface area contributed by atoms with Crippen LogP contribution in [0.15, 0.2) is 0 Å². The molecule has 0 aliphatic heterocycles. The molecule has 0 aromatic carbocycles. The predicted molar refractivity (Wildman–Crippen MR) is 37.6 cm³/mol. The van der Waals surface area contributed by atoms with Crippen LogP contribution in [0.5, 0.6) is 0 Å². The number of hydrogen-bond acceptors (Lipinski definition) is 3. The minimum Gasteiger partial charge on any atom is -0.750 e. The van der Waals surface area contributed by atoms with Gasteiger partial charge in [0.15, 0.2) is 0 Å². The fourth-order valence-corrected chi connectivity index (χ4v) is 0.710. The third kappa shape index (κ3) is 7.63. The van der Waals surface area contributed by atoms with Gasteiger partial charge in [-0.3, -0.25) is 0 Å². The molecule has 1 atom stereocenters. The first-order chi connectivity index (χ1) is 4.77. The zero-order valence-electron chi connectivity index (χ0n) is 5.54. The Balaban J connectivity index is 2.92. The van der Waals surface area contributed by atoms with Gasteiger partial charge >= 0.3 is 0 Å². The molecule has 0 heterocycles. The lowest BCUT2D eigenvalue weighted by atomic mass is 10.2. The smallest absolute Gasteiger partial charge is 0.0842 e. The van der Waals surface area contributed by atoms with Crippen molar-refractivity contribution in [2.75, 3.05) is 6.61 Å². The molecule has 0 radical (unpaired) electrons. The number of hydrogen-bond donors (Lipinski definition) is 0. The Morgan fingerprint density at radius 1 is 1.60 bits per heavy atom. The Morgan fingerprint density at radius 3 is 2.80 bits per heavy atom. The zero-order chi connectivity index (χ0) is 7.82. The van der Waals surface area contributed by atoms with Gasteiger partial charge in [0.25, 0.3) is 0 Å². The molecule has 3 nitrogen and oxygen atoms in total. The van der Waals surface area contributed by atoms with E-state index in [1.807, 2.05) is 0 Å². The van der Waals surface area contributed by atoms with E-state index >= 15 is 0 Å². The van der Waals surface area contributed by atoms with E-state index in [1.165, 1.54) is 0 Å². The average Bonchev–Trinajstić information content (AvgIpc) is 1.87. The van der Waals surface area contributed by atoms with Gasteiger partial charge in [0.05, 0.1) is 18.0 Å². The van der Waals surface area contributed by atoms with Gasteiger partial charge in [-0.2, -0.15) is 0 Å². The molecule has 1 unspecified atom stereocenters. The first-order valence-electron chi connectivity index (χ1n) is 2.93. The molecular formula is C6H9O3S-. The summed E-state index contributed by atoms with van der Waals surface area (Å²) in [6.45, 7) is 0.234. The van der Waals surface area contributed by atoms with Gasteiger partial charge in [0.2, 0.25) is 0 Å². The van der Waals surface area contributed by atoms with E-state index in [0.717, 1.165) is 6.42 Å². The fourth-order valence-electron chi connectivity index (χ4n) is 0.456. The Kier molecular flexibility index (Phi) is 6.50. The zero-order valence-corrected chi connectivity index (χ0v) is 6.36. The Labute approximate surface area is 63.3 Å². The molecule has 0 aromatic rings. The first kappa shape index (κ1) is 9.63. The maximum absolute atomic E-state index is 9.77. The van der Waals surface area contributed by atoms with Crippen LogP contribution in [0, 0.1) is 12.3 Å². The van der Waals surface area contributed by atoms with E-state index in [9.17, 15) is 8.76 Å². The third-order valence-corrected chi connectivity index (χ3v) is 1.25. The van der Waals surface area contributed by atoms with E-state index in [2.05, 4.69) is 10.1 Å². The van der Waals surface area contributed by atoms with Crippen molar-refractivity contribution < 1.29 is 12.9 Å². The van der Waals surface area contributed by atoms with Crippen LogP contribution in [0.25, 0.3) is 0 Å². The van der Waals surface area contributed by atoms with Crippen molar-refractivity contribution in [3.05, 3.63) is 0 Å². The molecule has 0 saturated heterocycles. The van der Waals surface area contributed by atoms with Crippen LogP contribution in [0.4, 0.5) is 0 Å². The quantitative estimate of drug-likeness (QED) is 0.337. The highest BCUT2D eigenvalue weighted by Crippen LogP contribution is 1.94. The summed E-state index contributed by atoms with van der Waals surface area (Å²) in [6, 6.07) is 0. The Hall–Kier alpha value is -0.370. The van der Waals surface area contributed by atoms with Crippen LogP contribution in [0.1, 0.15) is 19.3 Å². The lowest BCUT2D eigenvalue weighted by Gasteiger charge is -2.03. The molecule has 0 spiro atoms. The second-order valence-electron chi connectivity index (χ2n) is 1.69. The summed E-state index contributed by atoms with van der Waals surface area (Å²) in [4.78, 5) is 0. The van der Waals surface area contributed by atoms with Gasteiger partial charge in [-0.15, -0.1) is 12.3 Å². The normalized spacial score (nSPS) is 12.4. The first-order valence-corrected chi connectivity index (χ1v) is 3.93. The number of unbranched alkanes of at least 4 members (excludes halogenated alkanes) is 2. The van der Waals surface area contributed by atoms with Gasteiger partial charge in [0.1, 0.15) is 0 Å². The molecule has 0 saturated carbocycles. The molecular weight excluding hydrogens is 152 g/mol. The predicted octanol–water partition coefficient (Wildman–Crippen LogP) is 0.601. The number of rotatable bonds is 5. The molecule has 4 heteroatoms. The SMILES string of the molecule is C#CCCCCOS(=O)[O-]. The van der Waals surface area contributed by atoms with Gasteiger partial charge in [-0.05, 0) is 12.8 Å². The van der Waals surface area contributed by atoms with Gasteiger partial charge in [-0.1, -0.05) is 0 Å².